The fraction of sp³-hybridized carbons (Fsp3) is 0. The SMILES string of the molecule is c1ccc(-c2nc(-c3ccccc3)c3c(n2)oc2cc4[nH]c5ccccc5c4cc23)cc1. The van der Waals surface area contributed by atoms with Crippen LogP contribution < -0.4 is 0 Å². The number of benzene rings is 4. The zero-order chi connectivity index (χ0) is 21.1. The Morgan fingerprint density at radius 2 is 1.31 bits per heavy atom. The van der Waals surface area contributed by atoms with Crippen molar-refractivity contribution in [2.24, 2.45) is 0 Å². The second kappa shape index (κ2) is 6.53. The molecule has 0 aliphatic carbocycles. The van der Waals surface area contributed by atoms with E-state index in [1.54, 1.807) is 0 Å². The summed E-state index contributed by atoms with van der Waals surface area (Å²) in [5, 5.41) is 4.33. The van der Waals surface area contributed by atoms with Crippen LogP contribution >= 0.6 is 0 Å². The van der Waals surface area contributed by atoms with Crippen molar-refractivity contribution in [2.75, 3.05) is 0 Å². The first-order chi connectivity index (χ1) is 15.8. The van der Waals surface area contributed by atoms with E-state index in [1.807, 2.05) is 54.6 Å². The third-order valence-electron chi connectivity index (χ3n) is 6.04. The van der Waals surface area contributed by atoms with Gasteiger partial charge < -0.3 is 9.40 Å². The molecule has 0 atom stereocenters. The molecule has 4 aromatic carbocycles. The minimum Gasteiger partial charge on any atom is -0.437 e. The van der Waals surface area contributed by atoms with Crippen molar-refractivity contribution in [3.05, 3.63) is 97.1 Å². The van der Waals surface area contributed by atoms with E-state index < -0.39 is 0 Å². The van der Waals surface area contributed by atoms with Gasteiger partial charge >= 0.3 is 0 Å². The van der Waals surface area contributed by atoms with Crippen LogP contribution in [0.25, 0.3) is 66.5 Å². The summed E-state index contributed by atoms with van der Waals surface area (Å²) in [4.78, 5) is 13.3. The Kier molecular flexibility index (Phi) is 3.52. The minimum absolute atomic E-state index is 0.602. The number of H-pyrrole nitrogens is 1. The normalized spacial score (nSPS) is 11.8. The molecule has 0 spiro atoms. The van der Waals surface area contributed by atoms with Crippen LogP contribution in [0.5, 0.6) is 0 Å². The number of fused-ring (bicyclic) bond motifs is 6. The number of nitrogens with one attached hydrogen (secondary N) is 1. The predicted molar refractivity (Wildman–Crippen MR) is 130 cm³/mol. The molecule has 3 heterocycles. The van der Waals surface area contributed by atoms with Crippen molar-refractivity contribution in [1.29, 1.82) is 0 Å². The molecule has 0 amide bonds. The first kappa shape index (κ1) is 17.3. The third kappa shape index (κ3) is 2.50. The molecule has 0 aliphatic heterocycles. The summed E-state index contributed by atoms with van der Waals surface area (Å²) in [5.74, 6) is 0.659. The van der Waals surface area contributed by atoms with Crippen LogP contribution in [0.3, 0.4) is 0 Å². The number of hydrogen-bond acceptors (Lipinski definition) is 3. The van der Waals surface area contributed by atoms with Gasteiger partial charge in [-0.1, -0.05) is 78.9 Å². The topological polar surface area (TPSA) is 54.7 Å². The molecule has 0 saturated heterocycles. The molecule has 0 fully saturated rings. The fourth-order valence-electron chi connectivity index (χ4n) is 4.54. The van der Waals surface area contributed by atoms with E-state index in [9.17, 15) is 0 Å². The van der Waals surface area contributed by atoms with E-state index in [0.717, 1.165) is 44.2 Å². The van der Waals surface area contributed by atoms with E-state index in [4.69, 9.17) is 14.4 Å². The quantitative estimate of drug-likeness (QED) is 0.324. The molecule has 7 rings (SSSR count). The van der Waals surface area contributed by atoms with Gasteiger partial charge in [0.15, 0.2) is 5.82 Å². The summed E-state index contributed by atoms with van der Waals surface area (Å²) in [6.07, 6.45) is 0. The highest BCUT2D eigenvalue weighted by Gasteiger charge is 2.19. The number of aromatic nitrogens is 3. The average molecular weight is 411 g/mol. The summed E-state index contributed by atoms with van der Waals surface area (Å²) in [6.45, 7) is 0. The van der Waals surface area contributed by atoms with Crippen LogP contribution in [0.15, 0.2) is 101 Å². The van der Waals surface area contributed by atoms with Crippen molar-refractivity contribution in [1.82, 2.24) is 15.0 Å². The first-order valence-corrected chi connectivity index (χ1v) is 10.6. The molecule has 0 aliphatic rings. The molecule has 1 N–H and O–H groups in total. The van der Waals surface area contributed by atoms with E-state index >= 15 is 0 Å². The highest BCUT2D eigenvalue weighted by Crippen LogP contribution is 2.39. The molecule has 3 aromatic heterocycles. The maximum absolute atomic E-state index is 6.31. The van der Waals surface area contributed by atoms with Gasteiger partial charge in [0.25, 0.3) is 0 Å². The number of hydrogen-bond donors (Lipinski definition) is 1. The molecule has 4 heteroatoms. The minimum atomic E-state index is 0.602. The van der Waals surface area contributed by atoms with Gasteiger partial charge in [0.05, 0.1) is 16.6 Å². The summed E-state index contributed by atoms with van der Waals surface area (Å²) in [6, 6.07) is 32.9. The lowest BCUT2D eigenvalue weighted by molar-refractivity contribution is 0.654. The van der Waals surface area contributed by atoms with Crippen LogP contribution in [0.1, 0.15) is 0 Å². The maximum atomic E-state index is 6.31. The Balaban J connectivity index is 1.62. The Bertz CT molecular complexity index is 1760. The number of furan rings is 1. The molecule has 32 heavy (non-hydrogen) atoms. The van der Waals surface area contributed by atoms with E-state index in [1.165, 1.54) is 10.8 Å². The van der Waals surface area contributed by atoms with Crippen molar-refractivity contribution in [3.63, 3.8) is 0 Å². The Morgan fingerprint density at radius 3 is 2.12 bits per heavy atom. The lowest BCUT2D eigenvalue weighted by Crippen LogP contribution is -1.93. The summed E-state index contributed by atoms with van der Waals surface area (Å²) in [5.41, 5.74) is 6.46. The Hall–Kier alpha value is -4.44. The molecule has 0 saturated carbocycles. The number of nitrogens with zero attached hydrogens (tertiary/aromatic N) is 2. The third-order valence-corrected chi connectivity index (χ3v) is 6.04. The van der Waals surface area contributed by atoms with Crippen molar-refractivity contribution in [3.8, 4) is 22.6 Å². The van der Waals surface area contributed by atoms with Gasteiger partial charge in [-0.3, -0.25) is 0 Å². The van der Waals surface area contributed by atoms with E-state index in [2.05, 4.69) is 47.4 Å². The molecule has 0 unspecified atom stereocenters. The van der Waals surface area contributed by atoms with E-state index in [-0.39, 0.29) is 0 Å². The fourth-order valence-corrected chi connectivity index (χ4v) is 4.54. The largest absolute Gasteiger partial charge is 0.437 e. The van der Waals surface area contributed by atoms with Crippen LogP contribution in [-0.2, 0) is 0 Å². The molecule has 7 aromatic rings. The zero-order valence-corrected chi connectivity index (χ0v) is 17.0. The molecule has 0 radical (unpaired) electrons. The average Bonchev–Trinajstić information content (AvgIpc) is 3.40. The molecule has 0 bridgehead atoms. The molecule has 4 nitrogen and oxygen atoms in total. The summed E-state index contributed by atoms with van der Waals surface area (Å²) < 4.78 is 6.31. The molecule has 150 valence electrons. The highest BCUT2D eigenvalue weighted by atomic mass is 16.3. The lowest BCUT2D eigenvalue weighted by atomic mass is 10.0. The van der Waals surface area contributed by atoms with Gasteiger partial charge in [0.2, 0.25) is 5.71 Å². The monoisotopic (exact) mass is 411 g/mol. The second-order valence-corrected chi connectivity index (χ2v) is 7.97. The number of aromatic amines is 1. The van der Waals surface area contributed by atoms with Crippen molar-refractivity contribution in [2.45, 2.75) is 0 Å². The van der Waals surface area contributed by atoms with E-state index in [0.29, 0.717) is 11.5 Å². The number of para-hydroxylation sites is 1. The van der Waals surface area contributed by atoms with Gasteiger partial charge in [0, 0.05) is 38.9 Å². The number of rotatable bonds is 2. The Morgan fingerprint density at radius 1 is 0.594 bits per heavy atom. The van der Waals surface area contributed by atoms with Crippen LogP contribution in [0, 0.1) is 0 Å². The van der Waals surface area contributed by atoms with Crippen molar-refractivity contribution >= 4 is 43.9 Å². The van der Waals surface area contributed by atoms with Crippen LogP contribution in [0.2, 0.25) is 0 Å². The predicted octanol–water partition coefficient (Wildman–Crippen LogP) is 7.34. The zero-order valence-electron chi connectivity index (χ0n) is 17.0. The maximum Gasteiger partial charge on any atom is 0.231 e. The van der Waals surface area contributed by atoms with Gasteiger partial charge in [-0.15, -0.1) is 0 Å². The van der Waals surface area contributed by atoms with Crippen molar-refractivity contribution < 1.29 is 4.42 Å². The van der Waals surface area contributed by atoms with Gasteiger partial charge in [0.1, 0.15) is 5.58 Å². The van der Waals surface area contributed by atoms with Crippen LogP contribution in [-0.4, -0.2) is 15.0 Å². The van der Waals surface area contributed by atoms with Crippen LogP contribution in [0.4, 0.5) is 0 Å². The molecular weight excluding hydrogens is 394 g/mol. The second-order valence-electron chi connectivity index (χ2n) is 7.97. The van der Waals surface area contributed by atoms with Gasteiger partial charge in [-0.25, -0.2) is 4.98 Å². The molecular formula is C28H17N3O. The summed E-state index contributed by atoms with van der Waals surface area (Å²) >= 11 is 0. The lowest BCUT2D eigenvalue weighted by Gasteiger charge is -2.06. The van der Waals surface area contributed by atoms with Gasteiger partial charge in [-0.05, 0) is 12.1 Å². The smallest absolute Gasteiger partial charge is 0.231 e. The summed E-state index contributed by atoms with van der Waals surface area (Å²) in [7, 11) is 0. The van der Waals surface area contributed by atoms with Gasteiger partial charge in [-0.2, -0.15) is 4.98 Å². The highest BCUT2D eigenvalue weighted by molar-refractivity contribution is 6.18. The Labute approximate surface area is 183 Å². The standard InChI is InChI=1S/C28H17N3O/c1-3-9-17(10-4-1)26-25-21-15-20-19-13-7-8-14-22(19)29-23(20)16-24(21)32-28(25)31-27(30-26)18-11-5-2-6-12-18/h1-16,29H. The first-order valence-electron chi connectivity index (χ1n) is 10.6.